The van der Waals surface area contributed by atoms with Gasteiger partial charge in [0.25, 0.3) is 0 Å². The normalized spacial score (nSPS) is 20.7. The number of benzene rings is 4. The average molecular weight is 455 g/mol. The molecule has 0 amide bonds. The Morgan fingerprint density at radius 2 is 1.09 bits per heavy atom. The van der Waals surface area contributed by atoms with Crippen LogP contribution < -0.4 is 15.9 Å². The number of hydrogen-bond donors (Lipinski definition) is 1. The molecule has 1 aliphatic rings. The molecule has 1 unspecified atom stereocenters. The van der Waals surface area contributed by atoms with Crippen molar-refractivity contribution in [3.05, 3.63) is 121 Å². The first-order valence-electron chi connectivity index (χ1n) is 11.7. The summed E-state index contributed by atoms with van der Waals surface area (Å²) < 4.78 is 0. The molecule has 4 aromatic carbocycles. The molecular formula is C30H31PS. The van der Waals surface area contributed by atoms with E-state index in [1.54, 1.807) is 15.9 Å². The van der Waals surface area contributed by atoms with Crippen LogP contribution in [0.5, 0.6) is 0 Å². The van der Waals surface area contributed by atoms with Crippen LogP contribution in [-0.2, 0) is 6.42 Å². The maximum absolute atomic E-state index is 4.78. The van der Waals surface area contributed by atoms with E-state index in [-0.39, 0.29) is 0 Å². The van der Waals surface area contributed by atoms with E-state index in [4.69, 9.17) is 12.6 Å². The van der Waals surface area contributed by atoms with Gasteiger partial charge in [0.1, 0.15) is 0 Å². The second kappa shape index (κ2) is 8.89. The van der Waals surface area contributed by atoms with Crippen LogP contribution in [-0.4, -0.2) is 12.3 Å². The van der Waals surface area contributed by atoms with Gasteiger partial charge in [-0.3, -0.25) is 0 Å². The second-order valence-corrected chi connectivity index (χ2v) is 15.1. The molecule has 0 aliphatic carbocycles. The van der Waals surface area contributed by atoms with Crippen LogP contribution in [0.4, 0.5) is 0 Å². The molecule has 1 atom stereocenters. The third kappa shape index (κ3) is 3.53. The van der Waals surface area contributed by atoms with Crippen LogP contribution in [0.25, 0.3) is 0 Å². The Bertz CT molecular complexity index is 1070. The molecule has 0 N–H and O–H groups in total. The molecule has 0 bridgehead atoms. The zero-order valence-electron chi connectivity index (χ0n) is 18.5. The van der Waals surface area contributed by atoms with Gasteiger partial charge in [-0.2, -0.15) is 0 Å². The van der Waals surface area contributed by atoms with Crippen molar-refractivity contribution in [2.75, 3.05) is 12.3 Å². The fraction of sp³-hybridized carbons (Fsp3) is 0.200. The summed E-state index contributed by atoms with van der Waals surface area (Å²) in [5, 5.41) is 4.62. The van der Waals surface area contributed by atoms with Crippen molar-refractivity contribution in [3.8, 4) is 0 Å². The van der Waals surface area contributed by atoms with Crippen LogP contribution >= 0.6 is 19.2 Å². The first-order chi connectivity index (χ1) is 15.7. The first-order valence-corrected chi connectivity index (χ1v) is 14.7. The van der Waals surface area contributed by atoms with Crippen molar-refractivity contribution in [1.29, 1.82) is 0 Å². The Morgan fingerprint density at radius 1 is 0.625 bits per heavy atom. The molecule has 0 nitrogen and oxygen atoms in total. The molecule has 4 aromatic rings. The van der Waals surface area contributed by atoms with Crippen LogP contribution in [0.2, 0.25) is 0 Å². The van der Waals surface area contributed by atoms with E-state index >= 15 is 0 Å². The molecule has 0 saturated carbocycles. The molecule has 0 radical (unpaired) electrons. The molecule has 0 spiro atoms. The van der Waals surface area contributed by atoms with Crippen LogP contribution in [0, 0.1) is 5.92 Å². The summed E-state index contributed by atoms with van der Waals surface area (Å²) in [6, 6.07) is 43.0. The third-order valence-electron chi connectivity index (χ3n) is 7.56. The predicted molar refractivity (Wildman–Crippen MR) is 145 cm³/mol. The second-order valence-electron chi connectivity index (χ2n) is 9.26. The van der Waals surface area contributed by atoms with Gasteiger partial charge in [0, 0.05) is 0 Å². The van der Waals surface area contributed by atoms with Crippen molar-refractivity contribution in [2.24, 2.45) is 5.92 Å². The van der Waals surface area contributed by atoms with Gasteiger partial charge in [-0.05, 0) is 0 Å². The molecule has 1 saturated heterocycles. The van der Waals surface area contributed by atoms with Gasteiger partial charge in [0.2, 0.25) is 0 Å². The number of hydrogen-bond acceptors (Lipinski definition) is 1. The van der Waals surface area contributed by atoms with E-state index in [9.17, 15) is 0 Å². The Hall–Kier alpha value is -2.34. The Balaban J connectivity index is 1.74. The van der Waals surface area contributed by atoms with E-state index in [1.165, 1.54) is 30.7 Å². The minimum atomic E-state index is -2.64. The Morgan fingerprint density at radius 3 is 1.59 bits per heavy atom. The summed E-state index contributed by atoms with van der Waals surface area (Å²) in [6.45, 7) is -2.64. The number of rotatable bonds is 5. The molecular weight excluding hydrogens is 423 g/mol. The third-order valence-corrected chi connectivity index (χ3v) is 15.3. The quantitative estimate of drug-likeness (QED) is 0.260. The van der Waals surface area contributed by atoms with Crippen molar-refractivity contribution in [3.63, 3.8) is 0 Å². The zero-order valence-corrected chi connectivity index (χ0v) is 20.3. The predicted octanol–water partition coefficient (Wildman–Crippen LogP) is 6.46. The van der Waals surface area contributed by atoms with Crippen molar-refractivity contribution in [2.45, 2.75) is 24.2 Å². The first kappa shape index (κ1) is 21.5. The van der Waals surface area contributed by atoms with Crippen LogP contribution in [0.15, 0.2) is 120 Å². The average Bonchev–Trinajstić information content (AvgIpc) is 2.87. The zero-order chi connectivity index (χ0) is 21.9. The van der Waals surface area contributed by atoms with Gasteiger partial charge < -0.3 is 0 Å². The Kier molecular flexibility index (Phi) is 5.97. The summed E-state index contributed by atoms with van der Waals surface area (Å²) in [6.07, 6.45) is 6.13. The summed E-state index contributed by atoms with van der Waals surface area (Å²) in [5.41, 5.74) is 1.38. The van der Waals surface area contributed by atoms with E-state index in [0.29, 0.717) is 5.92 Å². The van der Waals surface area contributed by atoms with Gasteiger partial charge in [-0.25, -0.2) is 0 Å². The molecule has 1 aliphatic heterocycles. The van der Waals surface area contributed by atoms with Gasteiger partial charge in [0.05, 0.1) is 0 Å². The fourth-order valence-electron chi connectivity index (χ4n) is 6.16. The summed E-state index contributed by atoms with van der Waals surface area (Å²) >= 11 is 4.78. The standard InChI is InChI=1S/C30H31PS/c32-30-21-11-10-14-26(30)23-25-13-12-22-31(24-25,27-15-4-1-5-16-27,28-17-6-2-7-18-28)29-19-8-3-9-20-29/h1-11,14-21,25,32H,12-13,22-24H2. The SMILES string of the molecule is Sc1ccccc1CC1CCCP(c2ccccc2)(c2ccccc2)(c2ccccc2)C1. The topological polar surface area (TPSA) is 0 Å². The van der Waals surface area contributed by atoms with E-state index < -0.39 is 6.60 Å². The molecule has 2 heteroatoms. The molecule has 5 rings (SSSR count). The van der Waals surface area contributed by atoms with Gasteiger partial charge in [-0.15, -0.1) is 0 Å². The van der Waals surface area contributed by atoms with Crippen molar-refractivity contribution < 1.29 is 0 Å². The Labute approximate surface area is 198 Å². The van der Waals surface area contributed by atoms with Gasteiger partial charge in [-0.1, -0.05) is 0 Å². The van der Waals surface area contributed by atoms with E-state index in [1.807, 2.05) is 0 Å². The summed E-state index contributed by atoms with van der Waals surface area (Å²) in [5.74, 6) is 0.635. The monoisotopic (exact) mass is 454 g/mol. The summed E-state index contributed by atoms with van der Waals surface area (Å²) in [7, 11) is 0. The van der Waals surface area contributed by atoms with Crippen LogP contribution in [0.1, 0.15) is 18.4 Å². The summed E-state index contributed by atoms with van der Waals surface area (Å²) in [4.78, 5) is 1.12. The molecule has 32 heavy (non-hydrogen) atoms. The minimum absolute atomic E-state index is 0.635. The number of thiol groups is 1. The molecule has 1 heterocycles. The molecule has 0 aromatic heterocycles. The van der Waals surface area contributed by atoms with Crippen molar-refractivity contribution >= 4 is 35.1 Å². The maximum atomic E-state index is 4.78. The van der Waals surface area contributed by atoms with E-state index in [2.05, 4.69) is 115 Å². The molecule has 1 fully saturated rings. The fourth-order valence-corrected chi connectivity index (χ4v) is 13.9. The van der Waals surface area contributed by atoms with E-state index in [0.717, 1.165) is 11.3 Å². The van der Waals surface area contributed by atoms with Gasteiger partial charge >= 0.3 is 198 Å². The molecule has 162 valence electrons. The van der Waals surface area contributed by atoms with Crippen molar-refractivity contribution in [1.82, 2.24) is 0 Å². The van der Waals surface area contributed by atoms with Crippen LogP contribution in [0.3, 0.4) is 0 Å². The van der Waals surface area contributed by atoms with Gasteiger partial charge in [0.15, 0.2) is 0 Å².